The zero-order valence-electron chi connectivity index (χ0n) is 16.3. The maximum Gasteiger partial charge on any atom is 0.248 e. The Kier molecular flexibility index (Phi) is 5.11. The lowest BCUT2D eigenvalue weighted by molar-refractivity contribution is 0.0910. The topological polar surface area (TPSA) is 83.6 Å². The van der Waals surface area contributed by atoms with Crippen LogP contribution in [-0.4, -0.2) is 36.6 Å². The number of nitrogens with zero attached hydrogens (tertiary/aromatic N) is 1. The Bertz CT molecular complexity index is 896. The first-order chi connectivity index (χ1) is 12.7. The highest BCUT2D eigenvalue weighted by Gasteiger charge is 2.34. The van der Waals surface area contributed by atoms with Gasteiger partial charge in [0.25, 0.3) is 0 Å². The molecule has 3 rings (SSSR count). The number of ketones is 1. The minimum Gasteiger partial charge on any atom is -0.489 e. The van der Waals surface area contributed by atoms with Gasteiger partial charge in [-0.15, -0.1) is 0 Å². The summed E-state index contributed by atoms with van der Waals surface area (Å²) in [5.74, 6) is 0.195. The molecule has 27 heavy (non-hydrogen) atoms. The molecule has 1 aliphatic carbocycles. The Morgan fingerprint density at radius 2 is 1.96 bits per heavy atom. The molecule has 1 amide bonds. The lowest BCUT2D eigenvalue weighted by Crippen LogP contribution is -2.28. The van der Waals surface area contributed by atoms with Gasteiger partial charge >= 0.3 is 0 Å². The average Bonchev–Trinajstić information content (AvgIpc) is 2.90. The molecule has 1 aromatic heterocycles. The fourth-order valence-electron chi connectivity index (χ4n) is 3.69. The molecule has 144 valence electrons. The van der Waals surface area contributed by atoms with Crippen molar-refractivity contribution < 1.29 is 19.1 Å². The van der Waals surface area contributed by atoms with E-state index in [1.165, 1.54) is 0 Å². The third kappa shape index (κ3) is 3.76. The van der Waals surface area contributed by atoms with Gasteiger partial charge in [0, 0.05) is 36.0 Å². The molecule has 6 heteroatoms. The molecular weight excluding hydrogens is 344 g/mol. The molecule has 1 aromatic carbocycles. The summed E-state index contributed by atoms with van der Waals surface area (Å²) in [6.45, 7) is 6.95. The summed E-state index contributed by atoms with van der Waals surface area (Å²) in [6.07, 6.45) is 1.33. The zero-order valence-corrected chi connectivity index (χ0v) is 16.3. The third-order valence-corrected chi connectivity index (χ3v) is 4.90. The van der Waals surface area contributed by atoms with Crippen LogP contribution in [0.3, 0.4) is 0 Å². The highest BCUT2D eigenvalue weighted by Crippen LogP contribution is 2.39. The van der Waals surface area contributed by atoms with E-state index in [0.717, 1.165) is 29.1 Å². The number of nitrogens with two attached hydrogens (primary N) is 1. The average molecular weight is 370 g/mol. The summed E-state index contributed by atoms with van der Waals surface area (Å²) in [5.41, 5.74) is 9.21. The molecular formula is C21H26N2O4. The number of hydrogen-bond donors (Lipinski definition) is 1. The SMILES string of the molecule is COCCOc1cc(C(N)=O)ccc1-n1c(C)cc2c1CC(C)(C)CC2=O. The minimum absolute atomic E-state index is 0.100. The van der Waals surface area contributed by atoms with E-state index >= 15 is 0 Å². The number of carbonyl (C=O) groups excluding carboxylic acids is 2. The summed E-state index contributed by atoms with van der Waals surface area (Å²) >= 11 is 0. The molecule has 0 fully saturated rings. The highest BCUT2D eigenvalue weighted by atomic mass is 16.5. The maximum absolute atomic E-state index is 12.6. The first kappa shape index (κ1) is 19.2. The first-order valence-electron chi connectivity index (χ1n) is 9.04. The van der Waals surface area contributed by atoms with Gasteiger partial charge in [-0.2, -0.15) is 0 Å². The van der Waals surface area contributed by atoms with Crippen molar-refractivity contribution in [1.82, 2.24) is 4.57 Å². The van der Waals surface area contributed by atoms with Crippen molar-refractivity contribution >= 4 is 11.7 Å². The van der Waals surface area contributed by atoms with Crippen LogP contribution in [0.1, 0.15) is 52.4 Å². The number of rotatable bonds is 6. The Morgan fingerprint density at radius 1 is 1.22 bits per heavy atom. The molecule has 0 bridgehead atoms. The molecule has 0 aliphatic heterocycles. The molecule has 0 radical (unpaired) electrons. The quantitative estimate of drug-likeness (QED) is 0.792. The number of methoxy groups -OCH3 is 1. The van der Waals surface area contributed by atoms with Gasteiger partial charge < -0.3 is 19.8 Å². The number of benzene rings is 1. The molecule has 0 unspecified atom stereocenters. The number of hydrogen-bond acceptors (Lipinski definition) is 4. The lowest BCUT2D eigenvalue weighted by atomic mass is 9.76. The normalized spacial score (nSPS) is 15.5. The second kappa shape index (κ2) is 7.19. The summed E-state index contributed by atoms with van der Waals surface area (Å²) < 4.78 is 13.0. The van der Waals surface area contributed by atoms with Crippen molar-refractivity contribution in [1.29, 1.82) is 0 Å². The highest BCUT2D eigenvalue weighted by molar-refractivity contribution is 5.99. The van der Waals surface area contributed by atoms with E-state index in [9.17, 15) is 9.59 Å². The molecule has 0 atom stereocenters. The van der Waals surface area contributed by atoms with Crippen LogP contribution in [0.4, 0.5) is 0 Å². The molecule has 6 nitrogen and oxygen atoms in total. The Labute approximate surface area is 159 Å². The second-order valence-corrected chi connectivity index (χ2v) is 7.81. The van der Waals surface area contributed by atoms with Gasteiger partial charge in [0.15, 0.2) is 5.78 Å². The van der Waals surface area contributed by atoms with E-state index in [1.807, 2.05) is 19.1 Å². The fourth-order valence-corrected chi connectivity index (χ4v) is 3.69. The first-order valence-corrected chi connectivity index (χ1v) is 9.04. The predicted molar refractivity (Wildman–Crippen MR) is 103 cm³/mol. The van der Waals surface area contributed by atoms with Gasteiger partial charge in [0.05, 0.1) is 12.3 Å². The minimum atomic E-state index is -0.513. The fraction of sp³-hybridized carbons (Fsp3) is 0.429. The van der Waals surface area contributed by atoms with E-state index in [1.54, 1.807) is 19.2 Å². The number of primary amides is 1. The van der Waals surface area contributed by atoms with Crippen molar-refractivity contribution in [2.45, 2.75) is 33.6 Å². The number of carbonyl (C=O) groups is 2. The van der Waals surface area contributed by atoms with E-state index in [4.69, 9.17) is 15.2 Å². The van der Waals surface area contributed by atoms with E-state index in [-0.39, 0.29) is 11.2 Å². The molecule has 1 aliphatic rings. The van der Waals surface area contributed by atoms with Crippen LogP contribution >= 0.6 is 0 Å². The number of ether oxygens (including phenoxy) is 2. The Morgan fingerprint density at radius 3 is 2.63 bits per heavy atom. The van der Waals surface area contributed by atoms with E-state index < -0.39 is 5.91 Å². The van der Waals surface area contributed by atoms with Gasteiger partial charge in [0.2, 0.25) is 5.91 Å². The van der Waals surface area contributed by atoms with Crippen LogP contribution in [0.5, 0.6) is 5.75 Å². The van der Waals surface area contributed by atoms with Gasteiger partial charge in [-0.05, 0) is 43.0 Å². The van der Waals surface area contributed by atoms with Gasteiger partial charge in [-0.1, -0.05) is 13.8 Å². The zero-order chi connectivity index (χ0) is 19.8. The predicted octanol–water partition coefficient (Wildman–Crippen LogP) is 3.06. The Hall–Kier alpha value is -2.60. The van der Waals surface area contributed by atoms with Crippen LogP contribution in [0, 0.1) is 12.3 Å². The molecule has 2 N–H and O–H groups in total. The molecule has 1 heterocycles. The van der Waals surface area contributed by atoms with Crippen LogP contribution in [-0.2, 0) is 11.2 Å². The van der Waals surface area contributed by atoms with Crippen molar-refractivity contribution in [3.8, 4) is 11.4 Å². The maximum atomic E-state index is 12.6. The van der Waals surface area contributed by atoms with E-state index in [2.05, 4.69) is 18.4 Å². The summed E-state index contributed by atoms with van der Waals surface area (Å²) in [6, 6.07) is 7.09. The van der Waals surface area contributed by atoms with E-state index in [0.29, 0.717) is 30.9 Å². The van der Waals surface area contributed by atoms with Gasteiger partial charge in [-0.25, -0.2) is 0 Å². The van der Waals surface area contributed by atoms with Crippen LogP contribution in [0.15, 0.2) is 24.3 Å². The van der Waals surface area contributed by atoms with Crippen LogP contribution in [0.2, 0.25) is 0 Å². The van der Waals surface area contributed by atoms with Crippen molar-refractivity contribution in [3.63, 3.8) is 0 Å². The molecule has 0 saturated carbocycles. The van der Waals surface area contributed by atoms with Crippen LogP contribution < -0.4 is 10.5 Å². The lowest BCUT2D eigenvalue weighted by Gasteiger charge is -2.30. The monoisotopic (exact) mass is 370 g/mol. The summed E-state index contributed by atoms with van der Waals surface area (Å²) in [4.78, 5) is 24.2. The molecule has 0 spiro atoms. The largest absolute Gasteiger partial charge is 0.489 e. The van der Waals surface area contributed by atoms with Crippen LogP contribution in [0.25, 0.3) is 5.69 Å². The number of amides is 1. The number of aromatic nitrogens is 1. The van der Waals surface area contributed by atoms with Crippen molar-refractivity contribution in [2.24, 2.45) is 11.1 Å². The smallest absolute Gasteiger partial charge is 0.248 e. The second-order valence-electron chi connectivity index (χ2n) is 7.81. The number of fused-ring (bicyclic) bond motifs is 1. The number of aryl methyl sites for hydroxylation is 1. The van der Waals surface area contributed by atoms with Crippen molar-refractivity contribution in [2.75, 3.05) is 20.3 Å². The summed E-state index contributed by atoms with van der Waals surface area (Å²) in [5, 5.41) is 0. The number of Topliss-reactive ketones (excluding diaryl/α,β-unsaturated/α-hetero) is 1. The molecule has 2 aromatic rings. The van der Waals surface area contributed by atoms with Gasteiger partial charge in [-0.3, -0.25) is 9.59 Å². The van der Waals surface area contributed by atoms with Crippen molar-refractivity contribution in [3.05, 3.63) is 46.8 Å². The Balaban J connectivity index is 2.14. The third-order valence-electron chi connectivity index (χ3n) is 4.90. The summed E-state index contributed by atoms with van der Waals surface area (Å²) in [7, 11) is 1.60. The standard InChI is InChI=1S/C21H26N2O4/c1-13-9-15-17(11-21(2,3)12-18(15)24)23(13)16-6-5-14(20(22)25)10-19(16)27-8-7-26-4/h5-6,9-10H,7-8,11-12H2,1-4H3,(H2,22,25). The molecule has 0 saturated heterocycles. The van der Waals surface area contributed by atoms with Gasteiger partial charge in [0.1, 0.15) is 12.4 Å².